The van der Waals surface area contributed by atoms with E-state index in [1.165, 1.54) is 43.3 Å². The van der Waals surface area contributed by atoms with Crippen molar-refractivity contribution in [1.29, 1.82) is 0 Å². The average Bonchev–Trinajstić information content (AvgIpc) is 3.37. The number of carbonyl (C=O) groups is 1. The maximum Gasteiger partial charge on any atom is 0.435 e. The van der Waals surface area contributed by atoms with Crippen LogP contribution in [0, 0.1) is 0 Å². The standard InChI is InChI=1S/C24H24F7N5O/c1-4-14-9-17(22(25,23(26,27)28)24(29,30)31)10-15(5-2)20(14)35-21(37)16-7-8-19(18(11-16)33-6-3)36-13-32-12-34-36/h7-13,33H,4-6H2,1-3H3,(H,35,37). The van der Waals surface area contributed by atoms with Crippen molar-refractivity contribution in [3.63, 3.8) is 0 Å². The Morgan fingerprint density at radius 2 is 1.51 bits per heavy atom. The summed E-state index contributed by atoms with van der Waals surface area (Å²) in [6, 6.07) is 5.64. The van der Waals surface area contributed by atoms with E-state index in [1.807, 2.05) is 6.92 Å². The van der Waals surface area contributed by atoms with Crippen LogP contribution in [0.5, 0.6) is 0 Å². The van der Waals surface area contributed by atoms with Gasteiger partial charge in [-0.15, -0.1) is 0 Å². The number of hydrogen-bond donors (Lipinski definition) is 2. The van der Waals surface area contributed by atoms with Gasteiger partial charge in [0.25, 0.3) is 5.91 Å². The van der Waals surface area contributed by atoms with Crippen LogP contribution in [0.3, 0.4) is 0 Å². The van der Waals surface area contributed by atoms with Crippen LogP contribution >= 0.6 is 0 Å². The summed E-state index contributed by atoms with van der Waals surface area (Å²) in [4.78, 5) is 17.0. The monoisotopic (exact) mass is 531 g/mol. The summed E-state index contributed by atoms with van der Waals surface area (Å²) in [5.74, 6) is -0.653. The van der Waals surface area contributed by atoms with Crippen LogP contribution in [-0.4, -0.2) is 39.6 Å². The fourth-order valence-electron chi connectivity index (χ4n) is 3.90. The lowest BCUT2D eigenvalue weighted by Gasteiger charge is -2.31. The Kier molecular flexibility index (Phi) is 7.84. The van der Waals surface area contributed by atoms with Crippen molar-refractivity contribution in [1.82, 2.24) is 14.8 Å². The molecule has 2 aromatic carbocycles. The van der Waals surface area contributed by atoms with E-state index in [-0.39, 0.29) is 35.2 Å². The number of anilines is 2. The van der Waals surface area contributed by atoms with Gasteiger partial charge in [-0.3, -0.25) is 4.79 Å². The second-order valence-electron chi connectivity index (χ2n) is 8.09. The van der Waals surface area contributed by atoms with Gasteiger partial charge in [-0.1, -0.05) is 13.8 Å². The number of amides is 1. The van der Waals surface area contributed by atoms with Gasteiger partial charge in [0.1, 0.15) is 12.7 Å². The number of halogens is 7. The predicted octanol–water partition coefficient (Wildman–Crippen LogP) is 6.37. The molecule has 0 bridgehead atoms. The highest BCUT2D eigenvalue weighted by atomic mass is 19.4. The minimum absolute atomic E-state index is 0.0378. The molecule has 6 nitrogen and oxygen atoms in total. The molecule has 0 unspecified atom stereocenters. The highest BCUT2D eigenvalue weighted by Crippen LogP contribution is 2.54. The van der Waals surface area contributed by atoms with Crippen LogP contribution in [-0.2, 0) is 18.5 Å². The van der Waals surface area contributed by atoms with Crippen molar-refractivity contribution in [2.45, 2.75) is 51.6 Å². The van der Waals surface area contributed by atoms with Gasteiger partial charge in [-0.2, -0.15) is 31.4 Å². The fourth-order valence-corrected chi connectivity index (χ4v) is 3.90. The van der Waals surface area contributed by atoms with Crippen molar-refractivity contribution in [3.05, 3.63) is 65.2 Å². The second-order valence-corrected chi connectivity index (χ2v) is 8.09. The molecule has 37 heavy (non-hydrogen) atoms. The van der Waals surface area contributed by atoms with Gasteiger partial charge in [-0.05, 0) is 61.2 Å². The van der Waals surface area contributed by atoms with Crippen LogP contribution in [0.15, 0.2) is 43.0 Å². The van der Waals surface area contributed by atoms with Gasteiger partial charge < -0.3 is 10.6 Å². The Hall–Kier alpha value is -3.64. The van der Waals surface area contributed by atoms with E-state index in [4.69, 9.17) is 0 Å². The van der Waals surface area contributed by atoms with Crippen molar-refractivity contribution >= 4 is 17.3 Å². The first-order chi connectivity index (χ1) is 17.3. The number of carbonyl (C=O) groups excluding carboxylic acids is 1. The molecule has 2 N–H and O–H groups in total. The third kappa shape index (κ3) is 5.25. The molecule has 0 fully saturated rings. The first-order valence-electron chi connectivity index (χ1n) is 11.3. The van der Waals surface area contributed by atoms with Gasteiger partial charge in [0.2, 0.25) is 0 Å². The van der Waals surface area contributed by atoms with E-state index < -0.39 is 29.5 Å². The molecule has 0 atom stereocenters. The fraction of sp³-hybridized carbons (Fsp3) is 0.375. The van der Waals surface area contributed by atoms with E-state index in [0.29, 0.717) is 30.1 Å². The Bertz CT molecular complexity index is 1210. The zero-order valence-electron chi connectivity index (χ0n) is 20.1. The molecule has 0 spiro atoms. The van der Waals surface area contributed by atoms with E-state index in [2.05, 4.69) is 20.7 Å². The minimum Gasteiger partial charge on any atom is -0.384 e. The number of hydrogen-bond acceptors (Lipinski definition) is 4. The maximum absolute atomic E-state index is 14.7. The van der Waals surface area contributed by atoms with Crippen molar-refractivity contribution < 1.29 is 35.5 Å². The molecule has 0 aliphatic heterocycles. The van der Waals surface area contributed by atoms with Crippen LogP contribution in [0.1, 0.15) is 47.8 Å². The molecular weight excluding hydrogens is 507 g/mol. The molecule has 3 aromatic rings. The van der Waals surface area contributed by atoms with Crippen molar-refractivity contribution in [2.75, 3.05) is 17.2 Å². The van der Waals surface area contributed by atoms with Crippen molar-refractivity contribution in [3.8, 4) is 5.69 Å². The number of nitrogens with zero attached hydrogens (tertiary/aromatic N) is 3. The van der Waals surface area contributed by atoms with Crippen LogP contribution < -0.4 is 10.6 Å². The average molecular weight is 531 g/mol. The third-order valence-electron chi connectivity index (χ3n) is 5.77. The SMILES string of the molecule is CCNc1cc(C(=O)Nc2c(CC)cc(C(F)(C(F)(F)F)C(F)(F)F)cc2CC)ccc1-n1cncn1. The van der Waals surface area contributed by atoms with E-state index in [0.717, 1.165) is 0 Å². The summed E-state index contributed by atoms with van der Waals surface area (Å²) in [6.07, 6.45) is -9.79. The predicted molar refractivity (Wildman–Crippen MR) is 124 cm³/mol. The Balaban J connectivity index is 2.05. The molecular formula is C24H24F7N5O. The molecule has 1 heterocycles. The molecule has 0 saturated heterocycles. The van der Waals surface area contributed by atoms with Gasteiger partial charge in [0, 0.05) is 23.4 Å². The Morgan fingerprint density at radius 3 is 1.97 bits per heavy atom. The summed E-state index contributed by atoms with van der Waals surface area (Å²) in [6.45, 7) is 5.31. The smallest absolute Gasteiger partial charge is 0.384 e. The molecule has 0 aliphatic rings. The number of rotatable bonds is 8. The molecule has 3 rings (SSSR count). The van der Waals surface area contributed by atoms with Gasteiger partial charge in [0.05, 0.1) is 11.4 Å². The maximum atomic E-state index is 14.7. The normalized spacial score (nSPS) is 12.5. The number of benzene rings is 2. The van der Waals surface area contributed by atoms with E-state index >= 15 is 0 Å². The van der Waals surface area contributed by atoms with Crippen molar-refractivity contribution in [2.24, 2.45) is 0 Å². The zero-order chi connectivity index (χ0) is 27.6. The highest BCUT2D eigenvalue weighted by Gasteiger charge is 2.73. The lowest BCUT2D eigenvalue weighted by molar-refractivity contribution is -0.348. The van der Waals surface area contributed by atoms with E-state index in [9.17, 15) is 35.5 Å². The molecule has 0 saturated carbocycles. The zero-order valence-corrected chi connectivity index (χ0v) is 20.1. The summed E-state index contributed by atoms with van der Waals surface area (Å²) in [7, 11) is 0. The van der Waals surface area contributed by atoms with Crippen LogP contribution in [0.4, 0.5) is 42.1 Å². The van der Waals surface area contributed by atoms with Crippen LogP contribution in [0.2, 0.25) is 0 Å². The summed E-state index contributed by atoms with van der Waals surface area (Å²) in [5, 5.41) is 9.74. The summed E-state index contributed by atoms with van der Waals surface area (Å²) < 4.78 is 96.3. The lowest BCUT2D eigenvalue weighted by Crippen LogP contribution is -2.50. The molecule has 1 aromatic heterocycles. The molecule has 0 radical (unpaired) electrons. The summed E-state index contributed by atoms with van der Waals surface area (Å²) >= 11 is 0. The number of aromatic nitrogens is 3. The van der Waals surface area contributed by atoms with Gasteiger partial charge >= 0.3 is 18.0 Å². The topological polar surface area (TPSA) is 71.8 Å². The largest absolute Gasteiger partial charge is 0.435 e. The van der Waals surface area contributed by atoms with Gasteiger partial charge in [-0.25, -0.2) is 14.1 Å². The first kappa shape index (κ1) is 27.9. The molecule has 13 heteroatoms. The second kappa shape index (κ2) is 10.4. The Morgan fingerprint density at radius 1 is 0.919 bits per heavy atom. The first-order valence-corrected chi connectivity index (χ1v) is 11.3. The lowest BCUT2D eigenvalue weighted by atomic mass is 9.88. The molecule has 200 valence electrons. The minimum atomic E-state index is -6.24. The summed E-state index contributed by atoms with van der Waals surface area (Å²) in [5.41, 5.74) is -5.93. The Labute approximate surface area is 207 Å². The number of nitrogens with one attached hydrogen (secondary N) is 2. The quantitative estimate of drug-likeness (QED) is 0.332. The highest BCUT2D eigenvalue weighted by molar-refractivity contribution is 6.06. The van der Waals surface area contributed by atoms with Crippen LogP contribution in [0.25, 0.3) is 5.69 Å². The number of alkyl halides is 7. The number of aryl methyl sites for hydroxylation is 2. The third-order valence-corrected chi connectivity index (χ3v) is 5.77. The van der Waals surface area contributed by atoms with E-state index in [1.54, 1.807) is 6.07 Å². The molecule has 0 aliphatic carbocycles. The molecule has 1 amide bonds. The van der Waals surface area contributed by atoms with Gasteiger partial charge in [0.15, 0.2) is 0 Å².